The molecule has 0 atom stereocenters. The lowest BCUT2D eigenvalue weighted by Crippen LogP contribution is -2.12. The van der Waals surface area contributed by atoms with Crippen molar-refractivity contribution in [1.29, 1.82) is 0 Å². The molecule has 1 amide bonds. The van der Waals surface area contributed by atoms with Gasteiger partial charge in [-0.15, -0.1) is 0 Å². The molecule has 0 saturated carbocycles. The van der Waals surface area contributed by atoms with Gasteiger partial charge in [0.1, 0.15) is 5.75 Å². The summed E-state index contributed by atoms with van der Waals surface area (Å²) < 4.78 is 5.95. The van der Waals surface area contributed by atoms with Crippen LogP contribution in [-0.2, 0) is 6.54 Å². The van der Waals surface area contributed by atoms with Crippen molar-refractivity contribution in [2.24, 2.45) is 5.73 Å². The van der Waals surface area contributed by atoms with Gasteiger partial charge in [0.2, 0.25) is 5.91 Å². The number of anilines is 2. The third kappa shape index (κ3) is 3.66. The van der Waals surface area contributed by atoms with Crippen LogP contribution in [0.2, 0.25) is 0 Å². The van der Waals surface area contributed by atoms with Crippen LogP contribution in [-0.4, -0.2) is 13.0 Å². The molecule has 21 heavy (non-hydrogen) atoms. The Morgan fingerprint density at radius 2 is 2.05 bits per heavy atom. The Balaban J connectivity index is 2.15. The number of hydrogen-bond acceptors (Lipinski definition) is 4. The second-order valence-corrected chi connectivity index (χ2v) is 5.34. The summed E-state index contributed by atoms with van der Waals surface area (Å²) in [6.07, 6.45) is 0. The smallest absolute Gasteiger partial charge is 0.249 e. The van der Waals surface area contributed by atoms with Gasteiger partial charge in [-0.3, -0.25) is 4.79 Å². The molecule has 5 N–H and O–H groups in total. The van der Waals surface area contributed by atoms with Gasteiger partial charge in [-0.05, 0) is 52.3 Å². The molecule has 0 aliphatic rings. The van der Waals surface area contributed by atoms with Crippen LogP contribution in [0.15, 0.2) is 40.9 Å². The van der Waals surface area contributed by atoms with Crippen molar-refractivity contribution in [2.45, 2.75) is 6.54 Å². The van der Waals surface area contributed by atoms with Crippen LogP contribution in [0.3, 0.4) is 0 Å². The Hall–Kier alpha value is -2.21. The Labute approximate surface area is 131 Å². The highest BCUT2D eigenvalue weighted by Gasteiger charge is 2.08. The first kappa shape index (κ1) is 15.2. The lowest BCUT2D eigenvalue weighted by Gasteiger charge is -2.12. The van der Waals surface area contributed by atoms with Gasteiger partial charge in [-0.2, -0.15) is 0 Å². The molecular formula is C15H16BrN3O2. The second kappa shape index (κ2) is 6.49. The summed E-state index contributed by atoms with van der Waals surface area (Å²) in [5.74, 6) is 0.301. The number of amides is 1. The van der Waals surface area contributed by atoms with Gasteiger partial charge in [-0.25, -0.2) is 0 Å². The first-order valence-electron chi connectivity index (χ1n) is 6.27. The number of rotatable bonds is 5. The van der Waals surface area contributed by atoms with Crippen LogP contribution < -0.4 is 21.5 Å². The minimum absolute atomic E-state index is 0.446. The SMILES string of the molecule is COc1ccc(N)cc1CNc1ccc(C(N)=O)c(Br)c1. The molecule has 2 aromatic rings. The van der Waals surface area contributed by atoms with Crippen molar-refractivity contribution >= 4 is 33.2 Å². The molecule has 6 heteroatoms. The number of nitrogens with one attached hydrogen (secondary N) is 1. The van der Waals surface area contributed by atoms with Crippen LogP contribution in [0, 0.1) is 0 Å². The number of methoxy groups -OCH3 is 1. The number of nitrogen functional groups attached to an aromatic ring is 1. The molecule has 0 aromatic heterocycles. The average molecular weight is 350 g/mol. The summed E-state index contributed by atoms with van der Waals surface area (Å²) in [5.41, 5.74) is 14.0. The fraction of sp³-hybridized carbons (Fsp3) is 0.133. The predicted molar refractivity (Wildman–Crippen MR) is 87.4 cm³/mol. The summed E-state index contributed by atoms with van der Waals surface area (Å²) in [4.78, 5) is 11.2. The fourth-order valence-electron chi connectivity index (χ4n) is 1.96. The van der Waals surface area contributed by atoms with E-state index in [9.17, 15) is 4.79 Å². The van der Waals surface area contributed by atoms with E-state index in [0.717, 1.165) is 17.0 Å². The molecule has 0 bridgehead atoms. The Kier molecular flexibility index (Phi) is 4.70. The maximum Gasteiger partial charge on any atom is 0.249 e. The van der Waals surface area contributed by atoms with E-state index in [1.54, 1.807) is 31.4 Å². The molecule has 2 rings (SSSR count). The van der Waals surface area contributed by atoms with Crippen molar-refractivity contribution in [2.75, 3.05) is 18.2 Å². The molecule has 0 saturated heterocycles. The number of carbonyl (C=O) groups excluding carboxylic acids is 1. The number of ether oxygens (including phenoxy) is 1. The highest BCUT2D eigenvalue weighted by Crippen LogP contribution is 2.24. The van der Waals surface area contributed by atoms with Gasteiger partial charge in [0.25, 0.3) is 0 Å². The number of benzene rings is 2. The third-order valence-corrected chi connectivity index (χ3v) is 3.68. The van der Waals surface area contributed by atoms with Gasteiger partial charge in [0.15, 0.2) is 0 Å². The number of nitrogens with two attached hydrogens (primary N) is 2. The second-order valence-electron chi connectivity index (χ2n) is 4.48. The summed E-state index contributed by atoms with van der Waals surface area (Å²) in [5, 5.41) is 3.25. The van der Waals surface area contributed by atoms with Gasteiger partial charge < -0.3 is 21.5 Å². The van der Waals surface area contributed by atoms with E-state index in [4.69, 9.17) is 16.2 Å². The fourth-order valence-corrected chi connectivity index (χ4v) is 2.53. The molecule has 0 radical (unpaired) electrons. The third-order valence-electron chi connectivity index (χ3n) is 3.02. The maximum atomic E-state index is 11.2. The number of halogens is 1. The number of carbonyl (C=O) groups is 1. The molecule has 0 fully saturated rings. The zero-order valence-corrected chi connectivity index (χ0v) is 13.1. The summed E-state index contributed by atoms with van der Waals surface area (Å²) in [7, 11) is 1.62. The van der Waals surface area contributed by atoms with Gasteiger partial charge in [0, 0.05) is 28.0 Å². The van der Waals surface area contributed by atoms with Crippen LogP contribution in [0.25, 0.3) is 0 Å². The van der Waals surface area contributed by atoms with E-state index in [0.29, 0.717) is 22.3 Å². The molecule has 0 aliphatic heterocycles. The lowest BCUT2D eigenvalue weighted by atomic mass is 10.1. The maximum absolute atomic E-state index is 11.2. The predicted octanol–water partition coefficient (Wildman–Crippen LogP) is 2.75. The quantitative estimate of drug-likeness (QED) is 0.724. The van der Waals surface area contributed by atoms with E-state index in [-0.39, 0.29) is 0 Å². The van der Waals surface area contributed by atoms with Crippen LogP contribution in [0.1, 0.15) is 15.9 Å². The first-order chi connectivity index (χ1) is 10.0. The van der Waals surface area contributed by atoms with Crippen molar-refractivity contribution in [3.8, 4) is 5.75 Å². The zero-order valence-electron chi connectivity index (χ0n) is 11.5. The summed E-state index contributed by atoms with van der Waals surface area (Å²) in [6, 6.07) is 10.8. The number of hydrogen-bond donors (Lipinski definition) is 3. The van der Waals surface area contributed by atoms with Gasteiger partial charge in [0.05, 0.1) is 12.7 Å². The van der Waals surface area contributed by atoms with Crippen LogP contribution >= 0.6 is 15.9 Å². The molecule has 0 spiro atoms. The molecule has 0 unspecified atom stereocenters. The topological polar surface area (TPSA) is 90.4 Å². The Bertz CT molecular complexity index is 674. The standard InChI is InChI=1S/C15H16BrN3O2/c1-21-14-5-2-10(17)6-9(14)8-19-11-3-4-12(15(18)20)13(16)7-11/h2-7,19H,8,17H2,1H3,(H2,18,20). The van der Waals surface area contributed by atoms with Crippen molar-refractivity contribution in [3.63, 3.8) is 0 Å². The first-order valence-corrected chi connectivity index (χ1v) is 7.06. The molecule has 0 heterocycles. The molecule has 5 nitrogen and oxygen atoms in total. The monoisotopic (exact) mass is 349 g/mol. The van der Waals surface area contributed by atoms with E-state index >= 15 is 0 Å². The Morgan fingerprint density at radius 1 is 1.29 bits per heavy atom. The van der Waals surface area contributed by atoms with Gasteiger partial charge in [-0.1, -0.05) is 0 Å². The largest absolute Gasteiger partial charge is 0.496 e. The van der Waals surface area contributed by atoms with E-state index in [1.807, 2.05) is 12.1 Å². The summed E-state index contributed by atoms with van der Waals surface area (Å²) in [6.45, 7) is 0.552. The summed E-state index contributed by atoms with van der Waals surface area (Å²) >= 11 is 3.33. The van der Waals surface area contributed by atoms with Crippen molar-refractivity contribution < 1.29 is 9.53 Å². The molecule has 0 aliphatic carbocycles. The molecular weight excluding hydrogens is 334 g/mol. The van der Waals surface area contributed by atoms with E-state index in [2.05, 4.69) is 21.2 Å². The van der Waals surface area contributed by atoms with Crippen molar-refractivity contribution in [1.82, 2.24) is 0 Å². The number of primary amides is 1. The highest BCUT2D eigenvalue weighted by atomic mass is 79.9. The van der Waals surface area contributed by atoms with Gasteiger partial charge >= 0.3 is 0 Å². The molecule has 110 valence electrons. The normalized spacial score (nSPS) is 10.2. The highest BCUT2D eigenvalue weighted by molar-refractivity contribution is 9.10. The molecule has 2 aromatic carbocycles. The minimum Gasteiger partial charge on any atom is -0.496 e. The van der Waals surface area contributed by atoms with Crippen LogP contribution in [0.5, 0.6) is 5.75 Å². The van der Waals surface area contributed by atoms with Crippen molar-refractivity contribution in [3.05, 3.63) is 52.0 Å². The lowest BCUT2D eigenvalue weighted by molar-refractivity contribution is 0.0999. The zero-order chi connectivity index (χ0) is 15.4. The van der Waals surface area contributed by atoms with Crippen LogP contribution in [0.4, 0.5) is 11.4 Å². The minimum atomic E-state index is -0.467. The Morgan fingerprint density at radius 3 is 2.67 bits per heavy atom. The average Bonchev–Trinajstić information content (AvgIpc) is 2.45. The van der Waals surface area contributed by atoms with E-state index in [1.165, 1.54) is 0 Å². The van der Waals surface area contributed by atoms with E-state index < -0.39 is 5.91 Å².